The van der Waals surface area contributed by atoms with Gasteiger partial charge in [-0.1, -0.05) is 19.1 Å². The van der Waals surface area contributed by atoms with Crippen molar-refractivity contribution < 1.29 is 18.0 Å². The lowest BCUT2D eigenvalue weighted by molar-refractivity contribution is -0.139. The molecule has 0 aliphatic carbocycles. The van der Waals surface area contributed by atoms with Crippen molar-refractivity contribution in [2.75, 3.05) is 19.6 Å². The second-order valence-corrected chi connectivity index (χ2v) is 8.48. The summed E-state index contributed by atoms with van der Waals surface area (Å²) in [5.41, 5.74) is 0.896. The Morgan fingerprint density at radius 3 is 2.31 bits per heavy atom. The summed E-state index contributed by atoms with van der Waals surface area (Å²) >= 11 is 0. The molecule has 2 rings (SSSR count). The Morgan fingerprint density at radius 1 is 1.12 bits per heavy atom. The molecule has 1 aliphatic rings. The largest absolute Gasteiger partial charge is 0.348 e. The first-order valence-electron chi connectivity index (χ1n) is 9.02. The third-order valence-corrected chi connectivity index (χ3v) is 6.43. The highest BCUT2D eigenvalue weighted by molar-refractivity contribution is 7.89. The van der Waals surface area contributed by atoms with Crippen molar-refractivity contribution in [2.24, 2.45) is 0 Å². The fraction of sp³-hybridized carbons (Fsp3) is 0.556. The maximum atomic E-state index is 12.5. The minimum absolute atomic E-state index is 0.0432. The fourth-order valence-electron chi connectivity index (χ4n) is 2.70. The second kappa shape index (κ2) is 9.14. The van der Waals surface area contributed by atoms with Crippen molar-refractivity contribution in [2.45, 2.75) is 50.5 Å². The monoisotopic (exact) mass is 381 g/mol. The number of sulfonamides is 1. The van der Waals surface area contributed by atoms with Crippen LogP contribution >= 0.6 is 0 Å². The molecular formula is C18H27N3O4S. The molecule has 7 nitrogen and oxygen atoms in total. The SMILES string of the molecule is CC[C@@H](C)NC(=O)C(=O)NCCc1ccc(S(=O)(=O)N2CCCC2)cc1. The van der Waals surface area contributed by atoms with Gasteiger partial charge >= 0.3 is 11.8 Å². The first kappa shape index (κ1) is 20.4. The molecule has 0 radical (unpaired) electrons. The molecular weight excluding hydrogens is 354 g/mol. The summed E-state index contributed by atoms with van der Waals surface area (Å²) in [5.74, 6) is -1.29. The molecule has 144 valence electrons. The number of benzene rings is 1. The van der Waals surface area contributed by atoms with E-state index < -0.39 is 21.8 Å². The highest BCUT2D eigenvalue weighted by Gasteiger charge is 2.26. The fourth-order valence-corrected chi connectivity index (χ4v) is 4.21. The Morgan fingerprint density at radius 2 is 1.73 bits per heavy atom. The number of nitrogens with one attached hydrogen (secondary N) is 2. The third-order valence-electron chi connectivity index (χ3n) is 4.52. The van der Waals surface area contributed by atoms with Crippen molar-refractivity contribution in [3.05, 3.63) is 29.8 Å². The molecule has 1 fully saturated rings. The number of hydrogen-bond acceptors (Lipinski definition) is 4. The van der Waals surface area contributed by atoms with Crippen LogP contribution in [-0.4, -0.2) is 50.2 Å². The predicted molar refractivity (Wildman–Crippen MR) is 99.0 cm³/mol. The maximum Gasteiger partial charge on any atom is 0.309 e. The van der Waals surface area contributed by atoms with E-state index >= 15 is 0 Å². The second-order valence-electron chi connectivity index (χ2n) is 6.54. The molecule has 8 heteroatoms. The number of carbonyl (C=O) groups excluding carboxylic acids is 2. The van der Waals surface area contributed by atoms with Crippen LogP contribution in [-0.2, 0) is 26.0 Å². The van der Waals surface area contributed by atoms with Gasteiger partial charge in [0, 0.05) is 25.7 Å². The summed E-state index contributed by atoms with van der Waals surface area (Å²) in [6.07, 6.45) is 3.08. The van der Waals surface area contributed by atoms with Crippen molar-refractivity contribution in [1.82, 2.24) is 14.9 Å². The van der Waals surface area contributed by atoms with E-state index in [-0.39, 0.29) is 6.04 Å². The number of nitrogens with zero attached hydrogens (tertiary/aromatic N) is 1. The zero-order valence-electron chi connectivity index (χ0n) is 15.3. The molecule has 2 amide bonds. The lowest BCUT2D eigenvalue weighted by Crippen LogP contribution is -2.43. The Kier molecular flexibility index (Phi) is 7.16. The van der Waals surface area contributed by atoms with Gasteiger partial charge in [-0.2, -0.15) is 4.31 Å². The first-order valence-corrected chi connectivity index (χ1v) is 10.5. The first-order chi connectivity index (χ1) is 12.3. The molecule has 0 bridgehead atoms. The quantitative estimate of drug-likeness (QED) is 0.690. The Bertz CT molecular complexity index is 725. The number of hydrogen-bond donors (Lipinski definition) is 2. The lowest BCUT2D eigenvalue weighted by Gasteiger charge is -2.15. The van der Waals surface area contributed by atoms with Crippen LogP contribution in [0.2, 0.25) is 0 Å². The number of rotatable bonds is 7. The van der Waals surface area contributed by atoms with Gasteiger partial charge in [0.15, 0.2) is 0 Å². The molecule has 0 saturated carbocycles. The molecule has 2 N–H and O–H groups in total. The van der Waals surface area contributed by atoms with Crippen molar-refractivity contribution in [3.8, 4) is 0 Å². The van der Waals surface area contributed by atoms with Gasteiger partial charge in [-0.15, -0.1) is 0 Å². The molecule has 1 aliphatic heterocycles. The smallest absolute Gasteiger partial charge is 0.309 e. The molecule has 1 atom stereocenters. The van der Waals surface area contributed by atoms with Crippen LogP contribution in [0.25, 0.3) is 0 Å². The minimum atomic E-state index is -3.40. The van der Waals surface area contributed by atoms with Gasteiger partial charge in [-0.05, 0) is 50.3 Å². The van der Waals surface area contributed by atoms with Crippen LogP contribution in [0.5, 0.6) is 0 Å². The molecule has 1 saturated heterocycles. The van der Waals surface area contributed by atoms with Crippen molar-refractivity contribution in [1.29, 1.82) is 0 Å². The van der Waals surface area contributed by atoms with Gasteiger partial charge in [0.05, 0.1) is 4.90 Å². The van der Waals surface area contributed by atoms with Crippen LogP contribution in [0.15, 0.2) is 29.2 Å². The van der Waals surface area contributed by atoms with Crippen LogP contribution in [0.4, 0.5) is 0 Å². The van der Waals surface area contributed by atoms with Gasteiger partial charge in [0.1, 0.15) is 0 Å². The Hall–Kier alpha value is -1.93. The zero-order valence-corrected chi connectivity index (χ0v) is 16.1. The van der Waals surface area contributed by atoms with E-state index in [9.17, 15) is 18.0 Å². The van der Waals surface area contributed by atoms with E-state index in [4.69, 9.17) is 0 Å². The van der Waals surface area contributed by atoms with Gasteiger partial charge in [-0.3, -0.25) is 9.59 Å². The van der Waals surface area contributed by atoms with E-state index in [0.29, 0.717) is 31.0 Å². The van der Waals surface area contributed by atoms with Gasteiger partial charge in [0.2, 0.25) is 10.0 Å². The molecule has 1 heterocycles. The average molecular weight is 381 g/mol. The standard InChI is InChI=1S/C18H27N3O4S/c1-3-14(2)20-18(23)17(22)19-11-10-15-6-8-16(9-7-15)26(24,25)21-12-4-5-13-21/h6-9,14H,3-5,10-13H2,1-2H3,(H,19,22)(H,20,23)/t14-/m1/s1. The summed E-state index contributed by atoms with van der Waals surface area (Å²) in [7, 11) is -3.40. The minimum Gasteiger partial charge on any atom is -0.348 e. The van der Waals surface area contributed by atoms with Gasteiger partial charge in [0.25, 0.3) is 0 Å². The van der Waals surface area contributed by atoms with E-state index in [2.05, 4.69) is 10.6 Å². The lowest BCUT2D eigenvalue weighted by atomic mass is 10.1. The van der Waals surface area contributed by atoms with E-state index in [0.717, 1.165) is 24.8 Å². The summed E-state index contributed by atoms with van der Waals surface area (Å²) in [6, 6.07) is 6.64. The van der Waals surface area contributed by atoms with Crippen LogP contribution in [0.3, 0.4) is 0 Å². The van der Waals surface area contributed by atoms with Crippen LogP contribution in [0, 0.1) is 0 Å². The summed E-state index contributed by atoms with van der Waals surface area (Å²) in [6.45, 7) is 5.23. The maximum absolute atomic E-state index is 12.5. The van der Waals surface area contributed by atoms with E-state index in [1.165, 1.54) is 4.31 Å². The zero-order chi connectivity index (χ0) is 19.2. The number of amides is 2. The highest BCUT2D eigenvalue weighted by atomic mass is 32.2. The molecule has 0 spiro atoms. The average Bonchev–Trinajstić information content (AvgIpc) is 3.17. The summed E-state index contributed by atoms with van der Waals surface area (Å²) in [5, 5.41) is 5.18. The molecule has 1 aromatic carbocycles. The van der Waals surface area contributed by atoms with Crippen molar-refractivity contribution in [3.63, 3.8) is 0 Å². The number of carbonyl (C=O) groups is 2. The topological polar surface area (TPSA) is 95.6 Å². The summed E-state index contributed by atoms with van der Waals surface area (Å²) < 4.78 is 26.4. The van der Waals surface area contributed by atoms with Gasteiger partial charge in [-0.25, -0.2) is 8.42 Å². The summed E-state index contributed by atoms with van der Waals surface area (Å²) in [4.78, 5) is 23.6. The molecule has 0 unspecified atom stereocenters. The Balaban J connectivity index is 1.84. The van der Waals surface area contributed by atoms with E-state index in [1.807, 2.05) is 13.8 Å². The van der Waals surface area contributed by atoms with Crippen molar-refractivity contribution >= 4 is 21.8 Å². The normalized spacial score (nSPS) is 16.2. The third kappa shape index (κ3) is 5.28. The highest BCUT2D eigenvalue weighted by Crippen LogP contribution is 2.21. The predicted octanol–water partition coefficient (Wildman–Crippen LogP) is 1.04. The molecule has 26 heavy (non-hydrogen) atoms. The Labute approximate surface area is 155 Å². The molecule has 1 aromatic rings. The molecule has 0 aromatic heterocycles. The van der Waals surface area contributed by atoms with Crippen LogP contribution in [0.1, 0.15) is 38.7 Å². The van der Waals surface area contributed by atoms with E-state index in [1.54, 1.807) is 24.3 Å². The van der Waals surface area contributed by atoms with Gasteiger partial charge < -0.3 is 10.6 Å². The van der Waals surface area contributed by atoms with Crippen LogP contribution < -0.4 is 10.6 Å².